The minimum atomic E-state index is -0.844. The first-order valence-corrected chi connectivity index (χ1v) is 5.55. The van der Waals surface area contributed by atoms with Crippen molar-refractivity contribution in [1.82, 2.24) is 5.43 Å². The lowest BCUT2D eigenvalue weighted by Gasteiger charge is -2.24. The van der Waals surface area contributed by atoms with Crippen molar-refractivity contribution in [3.05, 3.63) is 35.4 Å². The van der Waals surface area contributed by atoms with E-state index in [0.717, 1.165) is 12.5 Å². The molecule has 0 aliphatic carbocycles. The van der Waals surface area contributed by atoms with E-state index >= 15 is 0 Å². The predicted molar refractivity (Wildman–Crippen MR) is 62.3 cm³/mol. The lowest BCUT2D eigenvalue weighted by molar-refractivity contribution is 0.0653. The Bertz CT molecular complexity index is 356. The molecule has 2 atom stereocenters. The van der Waals surface area contributed by atoms with Crippen molar-refractivity contribution >= 4 is 0 Å². The number of nitrogens with one attached hydrogen (secondary N) is 1. The topological polar surface area (TPSA) is 47.3 Å². The third-order valence-corrected chi connectivity index (χ3v) is 2.81. The third kappa shape index (κ3) is 3.73. The second-order valence-electron chi connectivity index (χ2n) is 3.91. The molecule has 0 bridgehead atoms. The number of nitrogens with two attached hydrogens (primary N) is 1. The molecule has 1 aromatic rings. The first kappa shape index (κ1) is 14.0. The van der Waals surface area contributed by atoms with E-state index in [2.05, 4.69) is 5.43 Å². The molecule has 17 heavy (non-hydrogen) atoms. The van der Waals surface area contributed by atoms with Crippen molar-refractivity contribution in [3.8, 4) is 0 Å². The van der Waals surface area contributed by atoms with Crippen LogP contribution in [0.25, 0.3) is 0 Å². The summed E-state index contributed by atoms with van der Waals surface area (Å²) in [4.78, 5) is 0. The van der Waals surface area contributed by atoms with Crippen molar-refractivity contribution < 1.29 is 13.5 Å². The highest BCUT2D eigenvalue weighted by molar-refractivity contribution is 5.19. The molecule has 1 rings (SSSR count). The molecule has 0 fully saturated rings. The first-order valence-electron chi connectivity index (χ1n) is 5.55. The highest BCUT2D eigenvalue weighted by Crippen LogP contribution is 2.13. The molecule has 0 aromatic heterocycles. The summed E-state index contributed by atoms with van der Waals surface area (Å²) in [6.45, 7) is 1.98. The quantitative estimate of drug-likeness (QED) is 0.592. The average Bonchev–Trinajstić information content (AvgIpc) is 2.33. The molecule has 0 heterocycles. The molecule has 0 aliphatic heterocycles. The zero-order valence-corrected chi connectivity index (χ0v) is 10.0. The summed E-state index contributed by atoms with van der Waals surface area (Å²) in [5, 5.41) is 0. The van der Waals surface area contributed by atoms with Gasteiger partial charge in [0.25, 0.3) is 0 Å². The maximum Gasteiger partial charge on any atom is 0.159 e. The maximum atomic E-state index is 13.0. The van der Waals surface area contributed by atoms with Crippen LogP contribution >= 0.6 is 0 Å². The molecule has 0 aliphatic rings. The number of hydrazine groups is 1. The number of rotatable bonds is 6. The summed E-state index contributed by atoms with van der Waals surface area (Å²) < 4.78 is 31.1. The Morgan fingerprint density at radius 3 is 2.53 bits per heavy atom. The van der Waals surface area contributed by atoms with Gasteiger partial charge in [0.2, 0.25) is 0 Å². The van der Waals surface area contributed by atoms with Crippen LogP contribution in [0.3, 0.4) is 0 Å². The summed E-state index contributed by atoms with van der Waals surface area (Å²) in [6.07, 6.45) is 1.21. The molecular formula is C12H18F2N2O. The van der Waals surface area contributed by atoms with E-state index in [-0.39, 0.29) is 12.1 Å². The molecule has 5 heteroatoms. The first-order chi connectivity index (χ1) is 8.12. The zero-order chi connectivity index (χ0) is 12.8. The summed E-state index contributed by atoms with van der Waals surface area (Å²) >= 11 is 0. The van der Waals surface area contributed by atoms with Gasteiger partial charge in [-0.1, -0.05) is 13.0 Å². The van der Waals surface area contributed by atoms with Gasteiger partial charge in [-0.05, 0) is 30.5 Å². The number of benzene rings is 1. The molecule has 0 amide bonds. The van der Waals surface area contributed by atoms with Gasteiger partial charge in [0, 0.05) is 7.11 Å². The van der Waals surface area contributed by atoms with Gasteiger partial charge in [0.15, 0.2) is 11.6 Å². The van der Waals surface area contributed by atoms with Gasteiger partial charge in [-0.25, -0.2) is 8.78 Å². The van der Waals surface area contributed by atoms with Gasteiger partial charge in [-0.15, -0.1) is 0 Å². The van der Waals surface area contributed by atoms with Crippen LogP contribution < -0.4 is 11.3 Å². The van der Waals surface area contributed by atoms with E-state index < -0.39 is 11.6 Å². The van der Waals surface area contributed by atoms with E-state index in [1.54, 1.807) is 13.2 Å². The molecule has 0 saturated heterocycles. The van der Waals surface area contributed by atoms with Crippen molar-refractivity contribution in [2.24, 2.45) is 5.84 Å². The third-order valence-electron chi connectivity index (χ3n) is 2.81. The Kier molecular flexibility index (Phi) is 5.47. The summed E-state index contributed by atoms with van der Waals surface area (Å²) in [7, 11) is 1.60. The maximum absolute atomic E-state index is 13.0. The molecule has 0 saturated carbocycles. The fourth-order valence-electron chi connectivity index (χ4n) is 1.83. The largest absolute Gasteiger partial charge is 0.380 e. The zero-order valence-electron chi connectivity index (χ0n) is 10.0. The van der Waals surface area contributed by atoms with Crippen LogP contribution in [0.4, 0.5) is 8.78 Å². The summed E-state index contributed by atoms with van der Waals surface area (Å²) in [5.41, 5.74) is 3.33. The number of ether oxygens (including phenoxy) is 1. The molecule has 1 aromatic carbocycles. The Morgan fingerprint density at radius 2 is 2.06 bits per heavy atom. The van der Waals surface area contributed by atoms with Gasteiger partial charge in [-0.2, -0.15) is 0 Å². The lowest BCUT2D eigenvalue weighted by Crippen LogP contribution is -2.46. The van der Waals surface area contributed by atoms with Crippen LogP contribution in [0.1, 0.15) is 18.9 Å². The van der Waals surface area contributed by atoms with Crippen molar-refractivity contribution in [3.63, 3.8) is 0 Å². The second kappa shape index (κ2) is 6.64. The Morgan fingerprint density at radius 1 is 1.35 bits per heavy atom. The highest BCUT2D eigenvalue weighted by atomic mass is 19.2. The van der Waals surface area contributed by atoms with Gasteiger partial charge in [-0.3, -0.25) is 11.3 Å². The average molecular weight is 244 g/mol. The van der Waals surface area contributed by atoms with Crippen LogP contribution in [0.2, 0.25) is 0 Å². The molecule has 96 valence electrons. The standard InChI is InChI=1S/C12H18F2N2O/c1-3-12(17-2)11(16-15)7-8-4-5-9(13)10(14)6-8/h4-6,11-12,16H,3,7,15H2,1-2H3. The lowest BCUT2D eigenvalue weighted by atomic mass is 10.00. The number of hydrogen-bond acceptors (Lipinski definition) is 3. The van der Waals surface area contributed by atoms with E-state index in [1.807, 2.05) is 6.92 Å². The number of hydrogen-bond donors (Lipinski definition) is 2. The fourth-order valence-corrected chi connectivity index (χ4v) is 1.83. The number of methoxy groups -OCH3 is 1. The van der Waals surface area contributed by atoms with Gasteiger partial charge < -0.3 is 4.74 Å². The monoisotopic (exact) mass is 244 g/mol. The summed E-state index contributed by atoms with van der Waals surface area (Å²) in [5.74, 6) is 3.76. The highest BCUT2D eigenvalue weighted by Gasteiger charge is 2.19. The van der Waals surface area contributed by atoms with Crippen molar-refractivity contribution in [2.45, 2.75) is 31.9 Å². The Balaban J connectivity index is 2.76. The minimum absolute atomic E-state index is 0.0619. The van der Waals surface area contributed by atoms with E-state index in [0.29, 0.717) is 12.0 Å². The Hall–Kier alpha value is -1.04. The molecule has 2 unspecified atom stereocenters. The van der Waals surface area contributed by atoms with Crippen LogP contribution in [0.5, 0.6) is 0 Å². The molecular weight excluding hydrogens is 226 g/mol. The molecule has 3 N–H and O–H groups in total. The van der Waals surface area contributed by atoms with Crippen LogP contribution in [-0.2, 0) is 11.2 Å². The molecule has 0 radical (unpaired) electrons. The molecule has 0 spiro atoms. The molecule has 3 nitrogen and oxygen atoms in total. The minimum Gasteiger partial charge on any atom is -0.380 e. The van der Waals surface area contributed by atoms with Gasteiger partial charge >= 0.3 is 0 Å². The number of halogens is 2. The van der Waals surface area contributed by atoms with Crippen molar-refractivity contribution in [2.75, 3.05) is 7.11 Å². The SMILES string of the molecule is CCC(OC)C(Cc1ccc(F)c(F)c1)NN. The predicted octanol–water partition coefficient (Wildman–Crippen LogP) is 1.76. The van der Waals surface area contributed by atoms with Crippen LogP contribution in [0, 0.1) is 11.6 Å². The van der Waals surface area contributed by atoms with Gasteiger partial charge in [0.1, 0.15) is 0 Å². The normalized spacial score (nSPS) is 14.6. The smallest absolute Gasteiger partial charge is 0.159 e. The van der Waals surface area contributed by atoms with Gasteiger partial charge in [0.05, 0.1) is 12.1 Å². The van der Waals surface area contributed by atoms with E-state index in [1.165, 1.54) is 6.07 Å². The van der Waals surface area contributed by atoms with Crippen LogP contribution in [-0.4, -0.2) is 19.3 Å². The second-order valence-corrected chi connectivity index (χ2v) is 3.91. The Labute approximate surface area is 99.9 Å². The van der Waals surface area contributed by atoms with E-state index in [9.17, 15) is 8.78 Å². The fraction of sp³-hybridized carbons (Fsp3) is 0.500. The van der Waals surface area contributed by atoms with E-state index in [4.69, 9.17) is 10.6 Å². The van der Waals surface area contributed by atoms with Crippen LogP contribution in [0.15, 0.2) is 18.2 Å². The summed E-state index contributed by atoms with van der Waals surface area (Å²) in [6, 6.07) is 3.72. The van der Waals surface area contributed by atoms with Crippen molar-refractivity contribution in [1.29, 1.82) is 0 Å².